The monoisotopic (exact) mass is 125 g/mol. The number of aromatic nitrogens is 1. The number of nitrogens with two attached hydrogens (primary N) is 3. The van der Waals surface area contributed by atoms with E-state index in [4.69, 9.17) is 11.6 Å². The molecule has 0 saturated carbocycles. The minimum Gasteiger partial charge on any atom is -0.394 e. The van der Waals surface area contributed by atoms with Gasteiger partial charge in [-0.25, -0.2) is 5.43 Å². The fourth-order valence-corrected chi connectivity index (χ4v) is 0.557. The molecule has 1 rings (SSSR count). The number of hydrogen-bond acceptors (Lipinski definition) is 3. The molecule has 0 aliphatic heterocycles. The second-order valence-corrected chi connectivity index (χ2v) is 1.67. The predicted molar refractivity (Wildman–Crippen MR) is 34.4 cm³/mol. The molecule has 6 N–H and O–H groups in total. The molecule has 0 bridgehead atoms. The summed E-state index contributed by atoms with van der Waals surface area (Å²) in [5, 5.41) is 0. The molecule has 0 amide bonds. The Kier molecular flexibility index (Phi) is 1.62. The molecule has 0 unspecified atom stereocenters. The quantitative estimate of drug-likeness (QED) is 0.323. The minimum absolute atomic E-state index is 0.660. The first-order chi connectivity index (χ1) is 4.34. The van der Waals surface area contributed by atoms with Crippen molar-refractivity contribution >= 4 is 11.4 Å². The first-order valence-corrected chi connectivity index (χ1v) is 2.59. The average Bonchev–Trinajstić information content (AvgIpc) is 1.89. The van der Waals surface area contributed by atoms with Crippen molar-refractivity contribution in [1.29, 1.82) is 0 Å². The van der Waals surface area contributed by atoms with Crippen molar-refractivity contribution in [2.75, 3.05) is 5.73 Å². The topological polar surface area (TPSA) is 81.5 Å². The lowest BCUT2D eigenvalue weighted by Gasteiger charge is -1.94. The summed E-state index contributed by atoms with van der Waals surface area (Å²) in [6.07, 6.45) is 3.25. The van der Waals surface area contributed by atoms with E-state index in [9.17, 15) is 0 Å². The van der Waals surface area contributed by atoms with Crippen LogP contribution in [0.25, 0.3) is 0 Å². The lowest BCUT2D eigenvalue weighted by Crippen LogP contribution is -2.85. The molecular weight excluding hydrogens is 116 g/mol. The van der Waals surface area contributed by atoms with Crippen LogP contribution in [0.1, 0.15) is 0 Å². The van der Waals surface area contributed by atoms with Gasteiger partial charge in [0, 0.05) is 6.20 Å². The Balaban J connectivity index is 3.01. The van der Waals surface area contributed by atoms with E-state index in [1.54, 1.807) is 18.5 Å². The van der Waals surface area contributed by atoms with Gasteiger partial charge in [-0.3, -0.25) is 4.98 Å². The molecule has 9 heavy (non-hydrogen) atoms. The number of nitrogen functional groups attached to an aromatic ring is 1. The van der Waals surface area contributed by atoms with E-state index in [0.717, 1.165) is 5.69 Å². The summed E-state index contributed by atoms with van der Waals surface area (Å²) in [5.74, 6) is 5.21. The second kappa shape index (κ2) is 2.43. The van der Waals surface area contributed by atoms with Crippen LogP contribution < -0.4 is 17.0 Å². The highest BCUT2D eigenvalue weighted by atomic mass is 15.2. The first kappa shape index (κ1) is 6.00. The average molecular weight is 125 g/mol. The lowest BCUT2D eigenvalue weighted by atomic mass is 10.4. The zero-order chi connectivity index (χ0) is 6.69. The van der Waals surface area contributed by atoms with Gasteiger partial charge in [0.1, 0.15) is 0 Å². The van der Waals surface area contributed by atoms with Gasteiger partial charge in [0.2, 0.25) is 0 Å². The Hall–Kier alpha value is -1.13. The molecule has 1 aromatic heterocycles. The van der Waals surface area contributed by atoms with Crippen molar-refractivity contribution in [1.82, 2.24) is 4.98 Å². The van der Waals surface area contributed by atoms with Crippen molar-refractivity contribution in [3.8, 4) is 0 Å². The van der Waals surface area contributed by atoms with Crippen LogP contribution in [0.5, 0.6) is 0 Å². The maximum absolute atomic E-state index is 5.48. The number of quaternary nitrogens is 1. The molecule has 48 valence electrons. The van der Waals surface area contributed by atoms with E-state index >= 15 is 0 Å². The number of anilines is 1. The summed E-state index contributed by atoms with van der Waals surface area (Å²) >= 11 is 0. The van der Waals surface area contributed by atoms with Gasteiger partial charge in [-0.05, 0) is 6.07 Å². The van der Waals surface area contributed by atoms with Crippen LogP contribution in [0.15, 0.2) is 18.5 Å². The Morgan fingerprint density at radius 3 is 2.78 bits per heavy atom. The highest BCUT2D eigenvalue weighted by Gasteiger charge is 1.96. The van der Waals surface area contributed by atoms with Crippen LogP contribution in [0.4, 0.5) is 11.4 Å². The normalized spacial score (nSPS) is 9.44. The molecule has 0 radical (unpaired) electrons. The van der Waals surface area contributed by atoms with Crippen molar-refractivity contribution in [3.05, 3.63) is 18.5 Å². The summed E-state index contributed by atoms with van der Waals surface area (Å²) < 4.78 is 0. The molecule has 0 aliphatic rings. The van der Waals surface area contributed by atoms with Gasteiger partial charge in [0.25, 0.3) is 0 Å². The third-order valence-corrected chi connectivity index (χ3v) is 1.07. The third-order valence-electron chi connectivity index (χ3n) is 1.07. The molecule has 0 saturated heterocycles. The first-order valence-electron chi connectivity index (χ1n) is 2.59. The molecule has 4 nitrogen and oxygen atoms in total. The van der Waals surface area contributed by atoms with Gasteiger partial charge in [0.05, 0.1) is 11.9 Å². The van der Waals surface area contributed by atoms with E-state index in [2.05, 4.69) is 4.98 Å². The standard InChI is InChI=1S/C5H8N4/c6-4-1-2-8-3-5(4)9-7/h1-3,9H,7H2,(H2,6,8)/p+1. The molecule has 0 atom stereocenters. The summed E-state index contributed by atoms with van der Waals surface area (Å²) in [6.45, 7) is 0. The molecule has 1 aromatic rings. The van der Waals surface area contributed by atoms with Crippen LogP contribution in [0, 0.1) is 0 Å². The molecule has 1 heterocycles. The van der Waals surface area contributed by atoms with Crippen LogP contribution in [0.3, 0.4) is 0 Å². The van der Waals surface area contributed by atoms with Crippen molar-refractivity contribution < 1.29 is 5.43 Å². The fraction of sp³-hybridized carbons (Fsp3) is 0. The maximum Gasteiger partial charge on any atom is 0.190 e. The highest BCUT2D eigenvalue weighted by Crippen LogP contribution is 2.06. The largest absolute Gasteiger partial charge is 0.394 e. The van der Waals surface area contributed by atoms with Crippen LogP contribution in [-0.2, 0) is 0 Å². The number of nitrogens with zero attached hydrogens (tertiary/aromatic N) is 1. The smallest absolute Gasteiger partial charge is 0.190 e. The molecular formula is C5H9N4+. The number of rotatable bonds is 1. The Labute approximate surface area is 52.9 Å². The zero-order valence-electron chi connectivity index (χ0n) is 4.91. The van der Waals surface area contributed by atoms with Gasteiger partial charge in [-0.1, -0.05) is 0 Å². The molecule has 4 heteroatoms. The molecule has 0 aliphatic carbocycles. The van der Waals surface area contributed by atoms with Crippen molar-refractivity contribution in [2.45, 2.75) is 0 Å². The predicted octanol–water partition coefficient (Wildman–Crippen LogP) is -1.27. The number of hydrogen-bond donors (Lipinski definition) is 3. The van der Waals surface area contributed by atoms with Crippen LogP contribution in [-0.4, -0.2) is 4.98 Å². The SMILES string of the molecule is N[NH2+]c1cnccc1N. The van der Waals surface area contributed by atoms with E-state index < -0.39 is 0 Å². The van der Waals surface area contributed by atoms with Gasteiger partial charge >= 0.3 is 0 Å². The highest BCUT2D eigenvalue weighted by molar-refractivity contribution is 5.54. The van der Waals surface area contributed by atoms with Gasteiger partial charge in [-0.15, -0.1) is 0 Å². The minimum atomic E-state index is 0.660. The molecule has 0 fully saturated rings. The van der Waals surface area contributed by atoms with Gasteiger partial charge in [0.15, 0.2) is 5.69 Å². The maximum atomic E-state index is 5.48. The molecule has 0 spiro atoms. The lowest BCUT2D eigenvalue weighted by molar-refractivity contribution is -0.583. The van der Waals surface area contributed by atoms with Gasteiger partial charge in [-0.2, -0.15) is 5.84 Å². The Bertz CT molecular complexity index is 198. The van der Waals surface area contributed by atoms with Crippen LogP contribution >= 0.6 is 0 Å². The summed E-state index contributed by atoms with van der Waals surface area (Å²) in [5.41, 5.74) is 8.35. The van der Waals surface area contributed by atoms with Crippen LogP contribution in [0.2, 0.25) is 0 Å². The van der Waals surface area contributed by atoms with Crippen molar-refractivity contribution in [2.24, 2.45) is 5.84 Å². The number of pyridine rings is 1. The summed E-state index contributed by atoms with van der Waals surface area (Å²) in [4.78, 5) is 3.83. The van der Waals surface area contributed by atoms with E-state index in [1.165, 1.54) is 5.43 Å². The van der Waals surface area contributed by atoms with Crippen molar-refractivity contribution in [3.63, 3.8) is 0 Å². The Morgan fingerprint density at radius 2 is 2.33 bits per heavy atom. The summed E-state index contributed by atoms with van der Waals surface area (Å²) in [6, 6.07) is 1.71. The van der Waals surface area contributed by atoms with E-state index in [-0.39, 0.29) is 0 Å². The second-order valence-electron chi connectivity index (χ2n) is 1.67. The van der Waals surface area contributed by atoms with Gasteiger partial charge < -0.3 is 5.73 Å². The fourth-order valence-electron chi connectivity index (χ4n) is 0.557. The van der Waals surface area contributed by atoms with E-state index in [0.29, 0.717) is 5.69 Å². The Morgan fingerprint density at radius 1 is 1.56 bits per heavy atom. The van der Waals surface area contributed by atoms with E-state index in [1.807, 2.05) is 0 Å². The molecule has 0 aromatic carbocycles. The third kappa shape index (κ3) is 1.16. The zero-order valence-corrected chi connectivity index (χ0v) is 4.91. The summed E-state index contributed by atoms with van der Waals surface area (Å²) in [7, 11) is 0.